The number of nitrogens with one attached hydrogen (secondary N) is 2. The lowest BCUT2D eigenvalue weighted by atomic mass is 9.98. The summed E-state index contributed by atoms with van der Waals surface area (Å²) in [6.07, 6.45) is 1.71. The zero-order valence-electron chi connectivity index (χ0n) is 21.5. The number of amides is 3. The second-order valence-corrected chi connectivity index (χ2v) is 8.94. The Labute approximate surface area is 227 Å². The molecule has 0 unspecified atom stereocenters. The smallest absolute Gasteiger partial charge is 0.288 e. The Kier molecular flexibility index (Phi) is 10.0. The minimum Gasteiger partial charge on any atom is -0.451 e. The van der Waals surface area contributed by atoms with Crippen molar-refractivity contribution in [1.29, 1.82) is 0 Å². The molecule has 8 nitrogen and oxygen atoms in total. The van der Waals surface area contributed by atoms with Crippen LogP contribution in [0.5, 0.6) is 0 Å². The second-order valence-electron chi connectivity index (χ2n) is 8.94. The van der Waals surface area contributed by atoms with Crippen molar-refractivity contribution < 1.29 is 23.6 Å². The Morgan fingerprint density at radius 1 is 0.821 bits per heavy atom. The summed E-state index contributed by atoms with van der Waals surface area (Å²) in [6, 6.07) is 32.1. The summed E-state index contributed by atoms with van der Waals surface area (Å²) < 4.78 is 5.67. The molecule has 0 saturated heterocycles. The molecule has 8 heteroatoms. The van der Waals surface area contributed by atoms with E-state index in [1.165, 1.54) is 0 Å². The number of rotatable bonds is 14. The average molecular weight is 526 g/mol. The molecule has 0 aliphatic carbocycles. The van der Waals surface area contributed by atoms with Crippen molar-refractivity contribution >= 4 is 18.2 Å². The summed E-state index contributed by atoms with van der Waals surface area (Å²) in [7, 11) is 0. The lowest BCUT2D eigenvalue weighted by Crippen LogP contribution is -2.43. The number of hydroxylamine groups is 2. The van der Waals surface area contributed by atoms with E-state index in [4.69, 9.17) is 9.25 Å². The van der Waals surface area contributed by atoms with Gasteiger partial charge < -0.3 is 15.1 Å². The number of hydrogen-bond donors (Lipinski definition) is 2. The van der Waals surface area contributed by atoms with E-state index in [1.54, 1.807) is 12.1 Å². The first-order valence-electron chi connectivity index (χ1n) is 12.8. The molecule has 200 valence electrons. The molecule has 4 rings (SSSR count). The molecule has 0 bridgehead atoms. The van der Waals surface area contributed by atoms with Crippen LogP contribution < -0.4 is 10.6 Å². The van der Waals surface area contributed by atoms with Gasteiger partial charge in [-0.15, -0.1) is 0 Å². The predicted molar refractivity (Wildman–Crippen MR) is 147 cm³/mol. The van der Waals surface area contributed by atoms with Gasteiger partial charge in [0.25, 0.3) is 5.91 Å². The SMILES string of the molecule is O=CN(C[C@@H](CCc1ccccc1)C(=O)NCNC(=O)c1ccc(-c2ccccc2)o1)OCc1ccccc1. The van der Waals surface area contributed by atoms with Crippen LogP contribution in [0.25, 0.3) is 11.3 Å². The van der Waals surface area contributed by atoms with Gasteiger partial charge in [0.15, 0.2) is 5.76 Å². The molecule has 0 spiro atoms. The Bertz CT molecular complexity index is 1330. The van der Waals surface area contributed by atoms with Gasteiger partial charge in [-0.2, -0.15) is 0 Å². The van der Waals surface area contributed by atoms with E-state index in [9.17, 15) is 14.4 Å². The fraction of sp³-hybridized carbons (Fsp3) is 0.194. The molecule has 0 aliphatic heterocycles. The highest BCUT2D eigenvalue weighted by Crippen LogP contribution is 2.21. The van der Waals surface area contributed by atoms with E-state index in [0.717, 1.165) is 21.8 Å². The number of aryl methyl sites for hydroxylation is 1. The molecular formula is C31H31N3O5. The van der Waals surface area contributed by atoms with E-state index >= 15 is 0 Å². The zero-order valence-corrected chi connectivity index (χ0v) is 21.5. The molecule has 0 aliphatic rings. The van der Waals surface area contributed by atoms with E-state index < -0.39 is 11.8 Å². The number of hydrogen-bond acceptors (Lipinski definition) is 5. The minimum absolute atomic E-state index is 0.0710. The van der Waals surface area contributed by atoms with Crippen molar-refractivity contribution in [3.63, 3.8) is 0 Å². The molecule has 1 atom stereocenters. The quantitative estimate of drug-likeness (QED) is 0.143. The maximum atomic E-state index is 13.1. The first-order valence-corrected chi connectivity index (χ1v) is 12.8. The van der Waals surface area contributed by atoms with Gasteiger partial charge in [0.2, 0.25) is 12.3 Å². The van der Waals surface area contributed by atoms with Crippen molar-refractivity contribution in [3.8, 4) is 11.3 Å². The van der Waals surface area contributed by atoms with Crippen molar-refractivity contribution in [1.82, 2.24) is 15.7 Å². The number of furan rings is 1. The molecule has 4 aromatic rings. The number of carbonyl (C=O) groups excluding carboxylic acids is 3. The normalized spacial score (nSPS) is 11.4. The number of nitrogens with zero attached hydrogens (tertiary/aromatic N) is 1. The minimum atomic E-state index is -0.559. The highest BCUT2D eigenvalue weighted by atomic mass is 16.7. The maximum absolute atomic E-state index is 13.1. The summed E-state index contributed by atoms with van der Waals surface area (Å²) in [6.45, 7) is 0.186. The lowest BCUT2D eigenvalue weighted by molar-refractivity contribution is -0.182. The summed E-state index contributed by atoms with van der Waals surface area (Å²) >= 11 is 0. The topological polar surface area (TPSA) is 101 Å². The fourth-order valence-electron chi connectivity index (χ4n) is 4.03. The van der Waals surface area contributed by atoms with Crippen LogP contribution in [0, 0.1) is 5.92 Å². The van der Waals surface area contributed by atoms with Gasteiger partial charge in [-0.25, -0.2) is 5.06 Å². The van der Waals surface area contributed by atoms with Gasteiger partial charge in [0.1, 0.15) is 12.4 Å². The molecule has 1 heterocycles. The first-order chi connectivity index (χ1) is 19.1. The van der Waals surface area contributed by atoms with Crippen molar-refractivity contribution in [2.45, 2.75) is 19.4 Å². The van der Waals surface area contributed by atoms with Crippen LogP contribution in [0.3, 0.4) is 0 Å². The molecule has 3 amide bonds. The van der Waals surface area contributed by atoms with Gasteiger partial charge in [0, 0.05) is 5.56 Å². The predicted octanol–water partition coefficient (Wildman–Crippen LogP) is 4.59. The summed E-state index contributed by atoms with van der Waals surface area (Å²) in [5.41, 5.74) is 2.85. The van der Waals surface area contributed by atoms with Gasteiger partial charge in [0.05, 0.1) is 19.1 Å². The van der Waals surface area contributed by atoms with Gasteiger partial charge in [-0.1, -0.05) is 91.0 Å². The highest BCUT2D eigenvalue weighted by Gasteiger charge is 2.22. The van der Waals surface area contributed by atoms with Gasteiger partial charge >= 0.3 is 0 Å². The maximum Gasteiger partial charge on any atom is 0.288 e. The van der Waals surface area contributed by atoms with Gasteiger partial charge in [-0.05, 0) is 36.1 Å². The van der Waals surface area contributed by atoms with E-state index in [0.29, 0.717) is 25.0 Å². The third kappa shape index (κ3) is 8.41. The molecule has 0 fully saturated rings. The Morgan fingerprint density at radius 2 is 1.46 bits per heavy atom. The number of carbonyl (C=O) groups is 3. The Morgan fingerprint density at radius 3 is 2.13 bits per heavy atom. The van der Waals surface area contributed by atoms with Crippen LogP contribution in [0.1, 0.15) is 28.1 Å². The highest BCUT2D eigenvalue weighted by molar-refractivity contribution is 5.92. The van der Waals surface area contributed by atoms with E-state index in [1.807, 2.05) is 91.0 Å². The third-order valence-electron chi connectivity index (χ3n) is 6.15. The van der Waals surface area contributed by atoms with Crippen molar-refractivity contribution in [2.75, 3.05) is 13.2 Å². The summed E-state index contributed by atoms with van der Waals surface area (Å²) in [5, 5.41) is 6.56. The lowest BCUT2D eigenvalue weighted by Gasteiger charge is -2.23. The fourth-order valence-corrected chi connectivity index (χ4v) is 4.03. The summed E-state index contributed by atoms with van der Waals surface area (Å²) in [4.78, 5) is 43.1. The van der Waals surface area contributed by atoms with Crippen LogP contribution in [-0.4, -0.2) is 36.5 Å². The van der Waals surface area contributed by atoms with Crippen LogP contribution >= 0.6 is 0 Å². The standard InChI is InChI=1S/C31H31N3O5/c35-23-34(38-21-25-12-6-2-7-13-25)20-27(17-16-24-10-4-1-5-11-24)30(36)32-22-33-31(37)29-19-18-28(39-29)26-14-8-3-9-15-26/h1-15,18-19,23,27H,16-17,20-22H2,(H,32,36)(H,33,37)/t27-/m1/s1. The Hall–Kier alpha value is -4.69. The Balaban J connectivity index is 1.32. The van der Waals surface area contributed by atoms with E-state index in [-0.39, 0.29) is 31.5 Å². The largest absolute Gasteiger partial charge is 0.451 e. The van der Waals surface area contributed by atoms with Gasteiger partial charge in [-0.3, -0.25) is 19.2 Å². The summed E-state index contributed by atoms with van der Waals surface area (Å²) in [5.74, 6) is -0.582. The molecule has 39 heavy (non-hydrogen) atoms. The third-order valence-corrected chi connectivity index (χ3v) is 6.15. The van der Waals surface area contributed by atoms with E-state index in [2.05, 4.69) is 10.6 Å². The molecule has 0 radical (unpaired) electrons. The molecule has 1 aromatic heterocycles. The van der Waals surface area contributed by atoms with Crippen molar-refractivity contribution in [2.24, 2.45) is 5.92 Å². The molecule has 3 aromatic carbocycles. The first kappa shape index (κ1) is 27.3. The van der Waals surface area contributed by atoms with Crippen LogP contribution in [0.2, 0.25) is 0 Å². The zero-order chi connectivity index (χ0) is 27.3. The molecule has 2 N–H and O–H groups in total. The average Bonchev–Trinajstić information content (AvgIpc) is 3.49. The van der Waals surface area contributed by atoms with Crippen LogP contribution in [0.4, 0.5) is 0 Å². The second kappa shape index (κ2) is 14.3. The van der Waals surface area contributed by atoms with Crippen LogP contribution in [-0.2, 0) is 27.5 Å². The molecule has 0 saturated carbocycles. The molecular weight excluding hydrogens is 494 g/mol. The monoisotopic (exact) mass is 525 g/mol. The van der Waals surface area contributed by atoms with Crippen LogP contribution in [0.15, 0.2) is 108 Å². The number of benzene rings is 3. The van der Waals surface area contributed by atoms with Crippen molar-refractivity contribution in [3.05, 3.63) is 120 Å².